The second-order valence-electron chi connectivity index (χ2n) is 6.13. The summed E-state index contributed by atoms with van der Waals surface area (Å²) in [5.41, 5.74) is 2.76. The third-order valence-electron chi connectivity index (χ3n) is 4.02. The Morgan fingerprint density at radius 3 is 2.45 bits per heavy atom. The topological polar surface area (TPSA) is 73.5 Å². The number of nitrogens with zero attached hydrogens (tertiary/aromatic N) is 6. The Labute approximate surface area is 167 Å². The van der Waals surface area contributed by atoms with Gasteiger partial charge in [-0.2, -0.15) is 18.3 Å². The summed E-state index contributed by atoms with van der Waals surface area (Å²) in [5, 5.41) is 11.2. The van der Waals surface area contributed by atoms with Crippen LogP contribution in [0.2, 0.25) is 5.02 Å². The van der Waals surface area contributed by atoms with Crippen molar-refractivity contribution in [1.29, 1.82) is 0 Å². The fourth-order valence-corrected chi connectivity index (χ4v) is 2.86. The van der Waals surface area contributed by atoms with E-state index in [9.17, 15) is 13.2 Å². The van der Waals surface area contributed by atoms with Gasteiger partial charge in [0.25, 0.3) is 5.82 Å². The summed E-state index contributed by atoms with van der Waals surface area (Å²) in [4.78, 5) is 7.54. The number of anilines is 2. The van der Waals surface area contributed by atoms with Gasteiger partial charge >= 0.3 is 6.18 Å². The SMILES string of the molecule is Cn1cc(-c2cc(Nc3ccc(-n4cnc(C(F)(F)F)n4)cc3)ncc2Cl)cn1. The van der Waals surface area contributed by atoms with E-state index in [0.29, 0.717) is 22.2 Å². The van der Waals surface area contributed by atoms with Crippen LogP contribution in [0.1, 0.15) is 5.82 Å². The minimum absolute atomic E-state index is 0.443. The first-order valence-corrected chi connectivity index (χ1v) is 8.68. The van der Waals surface area contributed by atoms with Crippen LogP contribution in [0.3, 0.4) is 0 Å². The lowest BCUT2D eigenvalue weighted by molar-refractivity contribution is -0.144. The fraction of sp³-hybridized carbons (Fsp3) is 0.111. The van der Waals surface area contributed by atoms with Gasteiger partial charge in [-0.1, -0.05) is 11.6 Å². The highest BCUT2D eigenvalue weighted by Crippen LogP contribution is 2.30. The Hall–Kier alpha value is -3.40. The van der Waals surface area contributed by atoms with E-state index < -0.39 is 12.0 Å². The van der Waals surface area contributed by atoms with Gasteiger partial charge in [0.05, 0.1) is 16.9 Å². The average Bonchev–Trinajstić information content (AvgIpc) is 3.33. The van der Waals surface area contributed by atoms with Gasteiger partial charge in [-0.15, -0.1) is 5.10 Å². The number of aromatic nitrogens is 6. The normalized spacial score (nSPS) is 11.6. The van der Waals surface area contributed by atoms with E-state index in [0.717, 1.165) is 22.1 Å². The smallest absolute Gasteiger partial charge is 0.340 e. The van der Waals surface area contributed by atoms with Crippen LogP contribution >= 0.6 is 11.6 Å². The number of benzene rings is 1. The number of hydrogen-bond acceptors (Lipinski definition) is 5. The van der Waals surface area contributed by atoms with Crippen LogP contribution in [0.15, 0.2) is 55.2 Å². The Morgan fingerprint density at radius 1 is 1.07 bits per heavy atom. The summed E-state index contributed by atoms with van der Waals surface area (Å²) in [6, 6.07) is 8.43. The minimum atomic E-state index is -4.58. The zero-order valence-electron chi connectivity index (χ0n) is 14.9. The lowest BCUT2D eigenvalue weighted by Gasteiger charge is -2.09. The van der Waals surface area contributed by atoms with Crippen molar-refractivity contribution in [3.05, 3.63) is 66.1 Å². The van der Waals surface area contributed by atoms with E-state index in [1.165, 1.54) is 6.20 Å². The van der Waals surface area contributed by atoms with Gasteiger partial charge in [0.15, 0.2) is 0 Å². The highest BCUT2D eigenvalue weighted by Gasteiger charge is 2.35. The molecule has 0 aliphatic carbocycles. The Morgan fingerprint density at radius 2 is 1.83 bits per heavy atom. The monoisotopic (exact) mass is 419 g/mol. The minimum Gasteiger partial charge on any atom is -0.340 e. The van der Waals surface area contributed by atoms with Crippen LogP contribution in [0.5, 0.6) is 0 Å². The molecule has 1 aromatic carbocycles. The molecule has 0 bridgehead atoms. The Balaban J connectivity index is 1.54. The van der Waals surface area contributed by atoms with Crippen molar-refractivity contribution < 1.29 is 13.2 Å². The highest BCUT2D eigenvalue weighted by molar-refractivity contribution is 6.33. The summed E-state index contributed by atoms with van der Waals surface area (Å²) in [7, 11) is 1.81. The highest BCUT2D eigenvalue weighted by atomic mass is 35.5. The van der Waals surface area contributed by atoms with E-state index in [-0.39, 0.29) is 0 Å². The van der Waals surface area contributed by atoms with Crippen molar-refractivity contribution in [2.24, 2.45) is 7.05 Å². The molecule has 4 aromatic rings. The molecule has 3 heterocycles. The summed E-state index contributed by atoms with van der Waals surface area (Å²) < 4.78 is 40.7. The molecule has 0 saturated heterocycles. The standard InChI is InChI=1S/C18H13ClF3N7/c1-28-9-11(7-25-28)14-6-16(23-8-15(14)19)26-12-2-4-13(5-3-12)29-10-24-17(27-29)18(20,21)22/h2-10H,1H3,(H,23,26). The average molecular weight is 420 g/mol. The number of halogens is 4. The molecule has 0 unspecified atom stereocenters. The Kier molecular flexibility index (Phi) is 4.71. The maximum atomic E-state index is 12.6. The Bertz CT molecular complexity index is 1150. The van der Waals surface area contributed by atoms with Crippen LogP contribution in [-0.2, 0) is 13.2 Å². The lowest BCUT2D eigenvalue weighted by Crippen LogP contribution is -2.08. The van der Waals surface area contributed by atoms with E-state index in [1.807, 2.05) is 13.2 Å². The molecule has 0 spiro atoms. The van der Waals surface area contributed by atoms with Crippen molar-refractivity contribution >= 4 is 23.1 Å². The summed E-state index contributed by atoms with van der Waals surface area (Å²) in [6.45, 7) is 0. The molecule has 0 fully saturated rings. The number of nitrogens with one attached hydrogen (secondary N) is 1. The molecule has 0 aliphatic rings. The molecule has 0 amide bonds. The van der Waals surface area contributed by atoms with E-state index in [4.69, 9.17) is 11.6 Å². The van der Waals surface area contributed by atoms with Crippen LogP contribution in [-0.4, -0.2) is 29.5 Å². The molecule has 3 aromatic heterocycles. The van der Waals surface area contributed by atoms with Gasteiger partial charge in [-0.3, -0.25) is 4.68 Å². The van der Waals surface area contributed by atoms with Gasteiger partial charge in [-0.05, 0) is 30.3 Å². The molecule has 0 radical (unpaired) electrons. The second kappa shape index (κ2) is 7.21. The van der Waals surface area contributed by atoms with Gasteiger partial charge in [0.1, 0.15) is 12.1 Å². The molecule has 148 valence electrons. The fourth-order valence-electron chi connectivity index (χ4n) is 2.65. The maximum absolute atomic E-state index is 12.6. The van der Waals surface area contributed by atoms with Crippen LogP contribution in [0.25, 0.3) is 16.8 Å². The van der Waals surface area contributed by atoms with Crippen molar-refractivity contribution in [1.82, 2.24) is 29.5 Å². The molecule has 1 N–H and O–H groups in total. The first-order valence-electron chi connectivity index (χ1n) is 8.30. The van der Waals surface area contributed by atoms with Crippen LogP contribution < -0.4 is 5.32 Å². The van der Waals surface area contributed by atoms with Crippen molar-refractivity contribution in [3.8, 4) is 16.8 Å². The van der Waals surface area contributed by atoms with E-state index in [2.05, 4.69) is 25.5 Å². The third kappa shape index (κ3) is 4.06. The van der Waals surface area contributed by atoms with Gasteiger partial charge in [-0.25, -0.2) is 14.6 Å². The number of pyridine rings is 1. The van der Waals surface area contributed by atoms with Gasteiger partial charge < -0.3 is 5.32 Å². The maximum Gasteiger partial charge on any atom is 0.453 e. The van der Waals surface area contributed by atoms with Gasteiger partial charge in [0, 0.05) is 36.3 Å². The lowest BCUT2D eigenvalue weighted by atomic mass is 10.1. The molecule has 4 rings (SSSR count). The zero-order valence-corrected chi connectivity index (χ0v) is 15.6. The van der Waals surface area contributed by atoms with Crippen LogP contribution in [0.4, 0.5) is 24.7 Å². The molecule has 0 atom stereocenters. The van der Waals surface area contributed by atoms with Gasteiger partial charge in [0.2, 0.25) is 0 Å². The molecular weight excluding hydrogens is 407 g/mol. The number of aryl methyl sites for hydroxylation is 1. The number of hydrogen-bond donors (Lipinski definition) is 1. The summed E-state index contributed by atoms with van der Waals surface area (Å²) in [5.74, 6) is -0.630. The van der Waals surface area contributed by atoms with E-state index in [1.54, 1.807) is 41.2 Å². The number of alkyl halides is 3. The zero-order chi connectivity index (χ0) is 20.6. The van der Waals surface area contributed by atoms with Crippen LogP contribution in [0, 0.1) is 0 Å². The second-order valence-corrected chi connectivity index (χ2v) is 6.54. The predicted molar refractivity (Wildman–Crippen MR) is 101 cm³/mol. The predicted octanol–water partition coefficient (Wildman–Crippen LogP) is 4.48. The van der Waals surface area contributed by atoms with Crippen molar-refractivity contribution in [2.45, 2.75) is 6.18 Å². The quantitative estimate of drug-likeness (QED) is 0.528. The molecular formula is C18H13ClF3N7. The first kappa shape index (κ1) is 18.9. The number of rotatable bonds is 4. The van der Waals surface area contributed by atoms with Crippen molar-refractivity contribution in [3.63, 3.8) is 0 Å². The summed E-state index contributed by atoms with van der Waals surface area (Å²) in [6.07, 6.45) is 1.51. The van der Waals surface area contributed by atoms with E-state index >= 15 is 0 Å². The summed E-state index contributed by atoms with van der Waals surface area (Å²) >= 11 is 6.24. The molecule has 7 nitrogen and oxygen atoms in total. The largest absolute Gasteiger partial charge is 0.453 e. The third-order valence-corrected chi connectivity index (χ3v) is 4.32. The molecule has 0 saturated carbocycles. The molecule has 11 heteroatoms. The molecule has 29 heavy (non-hydrogen) atoms. The molecule has 0 aliphatic heterocycles. The first-order chi connectivity index (χ1) is 13.8. The van der Waals surface area contributed by atoms with Crippen molar-refractivity contribution in [2.75, 3.05) is 5.32 Å².